The summed E-state index contributed by atoms with van der Waals surface area (Å²) in [4.78, 5) is 12.1. The number of carbonyl (C=O) groups is 1. The second kappa shape index (κ2) is 8.57. The van der Waals surface area contributed by atoms with E-state index >= 15 is 0 Å². The maximum Gasteiger partial charge on any atom is 0.155 e. The largest absolute Gasteiger partial charge is 0.295 e. The quantitative estimate of drug-likeness (QED) is 0.420. The van der Waals surface area contributed by atoms with Crippen molar-refractivity contribution in [1.29, 1.82) is 0 Å². The minimum absolute atomic E-state index is 0.404. The van der Waals surface area contributed by atoms with E-state index in [2.05, 4.69) is 40.7 Å². The molecular formula is C31H50O. The predicted octanol–water partition coefficient (Wildman–Crippen LogP) is 8.62. The number of ketones is 1. The van der Waals surface area contributed by atoms with Gasteiger partial charge < -0.3 is 0 Å². The summed E-state index contributed by atoms with van der Waals surface area (Å²) >= 11 is 0. The maximum absolute atomic E-state index is 12.1. The van der Waals surface area contributed by atoms with Gasteiger partial charge in [-0.2, -0.15) is 0 Å². The molecule has 4 saturated carbocycles. The molecule has 0 N–H and O–H groups in total. The molecule has 0 aliphatic heterocycles. The number of hydrogen-bond donors (Lipinski definition) is 0. The van der Waals surface area contributed by atoms with Crippen LogP contribution in [0, 0.1) is 58.2 Å². The third-order valence-corrected chi connectivity index (χ3v) is 12.0. The van der Waals surface area contributed by atoms with E-state index in [9.17, 15) is 4.79 Å². The maximum atomic E-state index is 12.1. The third kappa shape index (κ3) is 3.76. The fraction of sp³-hybridized carbons (Fsp3) is 0.903. The molecule has 0 heterocycles. The first-order valence-corrected chi connectivity index (χ1v) is 14.5. The Morgan fingerprint density at radius 2 is 1.72 bits per heavy atom. The summed E-state index contributed by atoms with van der Waals surface area (Å²) in [5.41, 5.74) is 2.69. The molecule has 5 aliphatic carbocycles. The molecule has 9 atom stereocenters. The second-order valence-corrected chi connectivity index (χ2v) is 14.0. The van der Waals surface area contributed by atoms with Gasteiger partial charge in [0, 0.05) is 6.42 Å². The minimum Gasteiger partial charge on any atom is -0.295 e. The molecule has 4 fully saturated rings. The van der Waals surface area contributed by atoms with Crippen LogP contribution in [-0.2, 0) is 4.79 Å². The molecule has 1 heteroatoms. The van der Waals surface area contributed by atoms with Gasteiger partial charge in [-0.05, 0) is 122 Å². The van der Waals surface area contributed by atoms with Crippen LogP contribution in [0.5, 0.6) is 0 Å². The number of carbonyl (C=O) groups excluding carboxylic acids is 1. The van der Waals surface area contributed by atoms with Gasteiger partial charge in [0.05, 0.1) is 0 Å². The van der Waals surface area contributed by atoms with Crippen molar-refractivity contribution in [3.8, 4) is 0 Å². The van der Waals surface area contributed by atoms with Crippen molar-refractivity contribution in [2.45, 2.75) is 118 Å². The predicted molar refractivity (Wildman–Crippen MR) is 134 cm³/mol. The van der Waals surface area contributed by atoms with E-state index < -0.39 is 0 Å². The Labute approximate surface area is 198 Å². The first kappa shape index (κ1) is 23.2. The molecule has 0 amide bonds. The van der Waals surface area contributed by atoms with Gasteiger partial charge in [0.25, 0.3) is 0 Å². The van der Waals surface area contributed by atoms with Crippen LogP contribution in [0.2, 0.25) is 0 Å². The minimum atomic E-state index is 0.404. The summed E-state index contributed by atoms with van der Waals surface area (Å²) in [7, 11) is 0. The molecule has 0 aromatic rings. The van der Waals surface area contributed by atoms with Crippen molar-refractivity contribution in [1.82, 2.24) is 0 Å². The zero-order valence-electron chi connectivity index (χ0n) is 21.8. The molecule has 5 aliphatic rings. The SMILES string of the molecule is CC(C)CCC[C@@H](C)[C@H]1CC[C@H]2[C@@H]3CC[C@@H]4CC5=CC(=O)CC[C@H]5C[C@]4(C)[C@H]3CC[C@]12C. The smallest absolute Gasteiger partial charge is 0.155 e. The van der Waals surface area contributed by atoms with E-state index in [1.807, 2.05) is 0 Å². The molecule has 0 aromatic heterocycles. The van der Waals surface area contributed by atoms with Crippen LogP contribution in [-0.4, -0.2) is 5.78 Å². The highest BCUT2D eigenvalue weighted by Gasteiger charge is 2.61. The van der Waals surface area contributed by atoms with E-state index in [1.54, 1.807) is 5.57 Å². The Hall–Kier alpha value is -0.590. The van der Waals surface area contributed by atoms with E-state index in [0.717, 1.165) is 60.2 Å². The molecule has 0 spiro atoms. The molecule has 0 unspecified atom stereocenters. The van der Waals surface area contributed by atoms with Gasteiger partial charge in [0.1, 0.15) is 0 Å². The highest BCUT2D eigenvalue weighted by molar-refractivity contribution is 5.91. The molecule has 32 heavy (non-hydrogen) atoms. The number of allylic oxidation sites excluding steroid dienone is 2. The number of hydrogen-bond acceptors (Lipinski definition) is 1. The van der Waals surface area contributed by atoms with Crippen molar-refractivity contribution in [2.24, 2.45) is 58.2 Å². The first-order valence-electron chi connectivity index (χ1n) is 14.5. The zero-order valence-corrected chi connectivity index (χ0v) is 21.8. The molecule has 0 radical (unpaired) electrons. The summed E-state index contributed by atoms with van der Waals surface area (Å²) < 4.78 is 0. The monoisotopic (exact) mass is 438 g/mol. The lowest BCUT2D eigenvalue weighted by atomic mass is 9.43. The Morgan fingerprint density at radius 3 is 2.50 bits per heavy atom. The molecule has 0 bridgehead atoms. The molecule has 1 nitrogen and oxygen atoms in total. The first-order chi connectivity index (χ1) is 15.2. The summed E-state index contributed by atoms with van der Waals surface area (Å²) in [6, 6.07) is 0. The molecule has 0 aromatic carbocycles. The van der Waals surface area contributed by atoms with Crippen LogP contribution in [0.4, 0.5) is 0 Å². The molecule has 5 rings (SSSR count). The summed E-state index contributed by atoms with van der Waals surface area (Å²) in [6.45, 7) is 12.8. The van der Waals surface area contributed by atoms with Crippen LogP contribution in [0.3, 0.4) is 0 Å². The van der Waals surface area contributed by atoms with Gasteiger partial charge in [0.2, 0.25) is 0 Å². The van der Waals surface area contributed by atoms with Crippen LogP contribution in [0.1, 0.15) is 118 Å². The molecule has 0 saturated heterocycles. The van der Waals surface area contributed by atoms with Gasteiger partial charge in [0.15, 0.2) is 5.78 Å². The topological polar surface area (TPSA) is 17.1 Å². The van der Waals surface area contributed by atoms with E-state index in [1.165, 1.54) is 70.6 Å². The van der Waals surface area contributed by atoms with Crippen LogP contribution in [0.25, 0.3) is 0 Å². The normalized spacial score (nSPS) is 46.7. The van der Waals surface area contributed by atoms with Gasteiger partial charge in [-0.1, -0.05) is 59.5 Å². The van der Waals surface area contributed by atoms with E-state index in [4.69, 9.17) is 0 Å². The van der Waals surface area contributed by atoms with E-state index in [0.29, 0.717) is 16.6 Å². The van der Waals surface area contributed by atoms with Crippen molar-refractivity contribution in [3.63, 3.8) is 0 Å². The Kier molecular flexibility index (Phi) is 6.20. The van der Waals surface area contributed by atoms with Crippen molar-refractivity contribution in [3.05, 3.63) is 11.6 Å². The fourth-order valence-electron chi connectivity index (χ4n) is 10.4. The zero-order chi connectivity index (χ0) is 22.7. The summed E-state index contributed by atoms with van der Waals surface area (Å²) in [5.74, 6) is 7.63. The molecule has 180 valence electrons. The average Bonchev–Trinajstić information content (AvgIpc) is 3.09. The Bertz CT molecular complexity index is 748. The van der Waals surface area contributed by atoms with Crippen LogP contribution in [0.15, 0.2) is 11.6 Å². The highest BCUT2D eigenvalue weighted by atomic mass is 16.1. The number of rotatable bonds is 5. The van der Waals surface area contributed by atoms with Gasteiger partial charge in [-0.25, -0.2) is 0 Å². The van der Waals surface area contributed by atoms with Gasteiger partial charge >= 0.3 is 0 Å². The summed E-state index contributed by atoms with van der Waals surface area (Å²) in [5, 5.41) is 0. The highest BCUT2D eigenvalue weighted by Crippen LogP contribution is 2.69. The van der Waals surface area contributed by atoms with Crippen molar-refractivity contribution >= 4 is 5.78 Å². The fourth-order valence-corrected chi connectivity index (χ4v) is 10.4. The Balaban J connectivity index is 1.31. The Morgan fingerprint density at radius 1 is 0.938 bits per heavy atom. The lowest BCUT2D eigenvalue weighted by molar-refractivity contribution is -0.121. The second-order valence-electron chi connectivity index (χ2n) is 14.0. The molecular weight excluding hydrogens is 388 g/mol. The van der Waals surface area contributed by atoms with Gasteiger partial charge in [-0.3, -0.25) is 4.79 Å². The lowest BCUT2D eigenvalue weighted by Gasteiger charge is -2.62. The van der Waals surface area contributed by atoms with Crippen LogP contribution >= 0.6 is 0 Å². The van der Waals surface area contributed by atoms with Gasteiger partial charge in [-0.15, -0.1) is 0 Å². The number of fused-ring (bicyclic) bond motifs is 6. The summed E-state index contributed by atoms with van der Waals surface area (Å²) in [6.07, 6.45) is 19.8. The lowest BCUT2D eigenvalue weighted by Crippen LogP contribution is -2.54. The standard InChI is InChI=1S/C31H50O/c1-20(2)7-6-8-21(3)27-13-14-28-26-12-10-24-17-23-18-25(32)11-9-22(23)19-31(24,5)29(26)15-16-30(27,28)4/h18,20-22,24,26-29H,6-17,19H2,1-5H3/t21-,22+,24-,26+,27-,28+,29+,30-,31+/m1/s1. The van der Waals surface area contributed by atoms with Crippen LogP contribution < -0.4 is 0 Å². The van der Waals surface area contributed by atoms with Crippen molar-refractivity contribution in [2.75, 3.05) is 0 Å². The van der Waals surface area contributed by atoms with E-state index in [-0.39, 0.29) is 0 Å². The third-order valence-electron chi connectivity index (χ3n) is 12.0. The van der Waals surface area contributed by atoms with Crippen molar-refractivity contribution < 1.29 is 4.79 Å². The average molecular weight is 439 g/mol.